The molecular formula is C16H12ClN3O5. The van der Waals surface area contributed by atoms with Gasteiger partial charge >= 0.3 is 5.97 Å². The molecule has 1 heterocycles. The molecule has 0 spiro atoms. The third kappa shape index (κ3) is 3.69. The normalized spacial score (nSPS) is 10.8. The number of nitro groups is 1. The molecule has 0 aliphatic heterocycles. The van der Waals surface area contributed by atoms with Crippen LogP contribution in [0, 0.1) is 10.1 Å². The van der Waals surface area contributed by atoms with E-state index in [0.29, 0.717) is 22.5 Å². The number of halogens is 1. The Morgan fingerprint density at radius 1 is 1.28 bits per heavy atom. The zero-order valence-electron chi connectivity index (χ0n) is 12.8. The van der Waals surface area contributed by atoms with Gasteiger partial charge in [0.2, 0.25) is 5.88 Å². The second-order valence-electron chi connectivity index (χ2n) is 5.23. The number of nitrogens with zero attached hydrogens (tertiary/aromatic N) is 3. The first kappa shape index (κ1) is 16.7. The van der Waals surface area contributed by atoms with Gasteiger partial charge in [-0.25, -0.2) is 4.79 Å². The van der Waals surface area contributed by atoms with Crippen molar-refractivity contribution < 1.29 is 19.6 Å². The number of ether oxygens (including phenoxy) is 1. The van der Waals surface area contributed by atoms with Crippen LogP contribution in [-0.2, 0) is 11.3 Å². The topological polar surface area (TPSA) is 107 Å². The number of carboxylic acids is 1. The fourth-order valence-electron chi connectivity index (χ4n) is 2.37. The van der Waals surface area contributed by atoms with Crippen LogP contribution in [-0.4, -0.2) is 32.4 Å². The molecule has 0 aliphatic carbocycles. The first-order chi connectivity index (χ1) is 11.9. The summed E-state index contributed by atoms with van der Waals surface area (Å²) in [5, 5.41) is 25.0. The Morgan fingerprint density at radius 2 is 2.00 bits per heavy atom. The third-order valence-electron chi connectivity index (χ3n) is 3.49. The van der Waals surface area contributed by atoms with Crippen molar-refractivity contribution in [2.75, 3.05) is 6.61 Å². The molecule has 3 rings (SSSR count). The summed E-state index contributed by atoms with van der Waals surface area (Å²) in [5.74, 6) is -1.12. The van der Waals surface area contributed by atoms with Crippen molar-refractivity contribution in [2.45, 2.75) is 6.54 Å². The van der Waals surface area contributed by atoms with Gasteiger partial charge in [-0.05, 0) is 23.8 Å². The average Bonchev–Trinajstić information content (AvgIpc) is 2.92. The molecule has 2 aromatic carbocycles. The van der Waals surface area contributed by atoms with Crippen molar-refractivity contribution in [1.82, 2.24) is 9.78 Å². The average molecular weight is 362 g/mol. The van der Waals surface area contributed by atoms with Crippen molar-refractivity contribution >= 4 is 34.2 Å². The highest BCUT2D eigenvalue weighted by atomic mass is 35.5. The second-order valence-corrected chi connectivity index (χ2v) is 5.67. The number of benzene rings is 2. The number of non-ortho nitro benzene ring substituents is 1. The lowest BCUT2D eigenvalue weighted by Gasteiger charge is -2.03. The fourth-order valence-corrected chi connectivity index (χ4v) is 2.50. The van der Waals surface area contributed by atoms with Crippen LogP contribution in [0.1, 0.15) is 5.56 Å². The molecule has 1 aromatic heterocycles. The molecule has 25 heavy (non-hydrogen) atoms. The number of fused-ring (bicyclic) bond motifs is 1. The van der Waals surface area contributed by atoms with Crippen LogP contribution in [0.3, 0.4) is 0 Å². The summed E-state index contributed by atoms with van der Waals surface area (Å²) in [6, 6.07) is 11.4. The minimum Gasteiger partial charge on any atom is -0.479 e. The lowest BCUT2D eigenvalue weighted by Crippen LogP contribution is -2.10. The summed E-state index contributed by atoms with van der Waals surface area (Å²) < 4.78 is 6.77. The van der Waals surface area contributed by atoms with E-state index in [4.69, 9.17) is 21.4 Å². The van der Waals surface area contributed by atoms with Gasteiger partial charge in [0.1, 0.15) is 0 Å². The van der Waals surface area contributed by atoms with E-state index in [9.17, 15) is 14.9 Å². The van der Waals surface area contributed by atoms with Gasteiger partial charge < -0.3 is 9.84 Å². The standard InChI is InChI=1S/C16H12ClN3O5/c17-11-3-1-10(2-4-11)8-19-14-6-5-12(20(23)24)7-13(14)16(18-19)25-9-15(21)22/h1-7H,8-9H2,(H,21,22). The Labute approximate surface area is 146 Å². The molecule has 9 heteroatoms. The number of carboxylic acid groups (broad SMARTS) is 1. The van der Waals surface area contributed by atoms with Crippen LogP contribution in [0.2, 0.25) is 5.02 Å². The molecule has 0 amide bonds. The minimum absolute atomic E-state index is 0.0371. The smallest absolute Gasteiger partial charge is 0.341 e. The van der Waals surface area contributed by atoms with Crippen molar-refractivity contribution in [3.63, 3.8) is 0 Å². The lowest BCUT2D eigenvalue weighted by molar-refractivity contribution is -0.384. The van der Waals surface area contributed by atoms with Crippen LogP contribution in [0.4, 0.5) is 5.69 Å². The molecule has 0 fully saturated rings. The number of aliphatic carboxylic acids is 1. The molecule has 0 saturated heterocycles. The van der Waals surface area contributed by atoms with Crippen LogP contribution in [0.15, 0.2) is 42.5 Å². The Bertz CT molecular complexity index is 952. The number of hydrogen-bond donors (Lipinski definition) is 1. The molecule has 0 aliphatic rings. The van der Waals surface area contributed by atoms with E-state index in [-0.39, 0.29) is 11.6 Å². The monoisotopic (exact) mass is 361 g/mol. The highest BCUT2D eigenvalue weighted by molar-refractivity contribution is 6.30. The zero-order valence-corrected chi connectivity index (χ0v) is 13.5. The van der Waals surface area contributed by atoms with E-state index in [1.807, 2.05) is 12.1 Å². The van der Waals surface area contributed by atoms with Crippen molar-refractivity contribution in [2.24, 2.45) is 0 Å². The summed E-state index contributed by atoms with van der Waals surface area (Å²) in [4.78, 5) is 21.2. The van der Waals surface area contributed by atoms with Crippen LogP contribution in [0.25, 0.3) is 10.9 Å². The molecule has 0 atom stereocenters. The van der Waals surface area contributed by atoms with Gasteiger partial charge in [0.15, 0.2) is 6.61 Å². The summed E-state index contributed by atoms with van der Waals surface area (Å²) in [6.07, 6.45) is 0. The van der Waals surface area contributed by atoms with Gasteiger partial charge in [0.25, 0.3) is 5.69 Å². The Hall–Kier alpha value is -3.13. The van der Waals surface area contributed by atoms with E-state index in [2.05, 4.69) is 5.10 Å². The van der Waals surface area contributed by atoms with Crippen molar-refractivity contribution in [3.05, 3.63) is 63.2 Å². The predicted octanol–water partition coefficient (Wildman–Crippen LogP) is 3.11. The van der Waals surface area contributed by atoms with E-state index < -0.39 is 17.5 Å². The van der Waals surface area contributed by atoms with E-state index >= 15 is 0 Å². The van der Waals surface area contributed by atoms with Gasteiger partial charge in [-0.3, -0.25) is 14.8 Å². The van der Waals surface area contributed by atoms with Gasteiger partial charge in [0.05, 0.1) is 22.4 Å². The van der Waals surface area contributed by atoms with Gasteiger partial charge in [-0.2, -0.15) is 0 Å². The number of aromatic nitrogens is 2. The first-order valence-electron chi connectivity index (χ1n) is 7.18. The summed E-state index contributed by atoms with van der Waals surface area (Å²) in [5.41, 5.74) is 1.39. The molecule has 1 N–H and O–H groups in total. The van der Waals surface area contributed by atoms with Crippen LogP contribution < -0.4 is 4.74 Å². The maximum atomic E-state index is 11.0. The lowest BCUT2D eigenvalue weighted by atomic mass is 10.2. The predicted molar refractivity (Wildman–Crippen MR) is 90.1 cm³/mol. The maximum Gasteiger partial charge on any atom is 0.341 e. The number of rotatable bonds is 6. The number of carbonyl (C=O) groups is 1. The van der Waals surface area contributed by atoms with Gasteiger partial charge in [0, 0.05) is 17.2 Å². The molecule has 3 aromatic rings. The van der Waals surface area contributed by atoms with E-state index in [0.717, 1.165) is 5.56 Å². The van der Waals surface area contributed by atoms with Crippen LogP contribution >= 0.6 is 11.6 Å². The summed E-state index contributed by atoms with van der Waals surface area (Å²) in [6.45, 7) is -0.211. The molecule has 128 valence electrons. The van der Waals surface area contributed by atoms with E-state index in [1.165, 1.54) is 12.1 Å². The fraction of sp³-hybridized carbons (Fsp3) is 0.125. The third-order valence-corrected chi connectivity index (χ3v) is 3.74. The number of hydrogen-bond acceptors (Lipinski definition) is 5. The molecule has 8 nitrogen and oxygen atoms in total. The highest BCUT2D eigenvalue weighted by Crippen LogP contribution is 2.29. The highest BCUT2D eigenvalue weighted by Gasteiger charge is 2.17. The Kier molecular flexibility index (Phi) is 4.53. The molecule has 0 radical (unpaired) electrons. The Balaban J connectivity index is 2.03. The first-order valence-corrected chi connectivity index (χ1v) is 7.56. The van der Waals surface area contributed by atoms with Gasteiger partial charge in [-0.15, -0.1) is 5.10 Å². The quantitative estimate of drug-likeness (QED) is 0.534. The summed E-state index contributed by atoms with van der Waals surface area (Å²) in [7, 11) is 0. The number of nitro benzene ring substituents is 1. The van der Waals surface area contributed by atoms with Gasteiger partial charge in [-0.1, -0.05) is 23.7 Å². The SMILES string of the molecule is O=C(O)COc1nn(Cc2ccc(Cl)cc2)c2ccc([N+](=O)[O-])cc12. The molecule has 0 unspecified atom stereocenters. The van der Waals surface area contributed by atoms with Crippen LogP contribution in [0.5, 0.6) is 5.88 Å². The van der Waals surface area contributed by atoms with Crippen molar-refractivity contribution in [3.8, 4) is 5.88 Å². The summed E-state index contributed by atoms with van der Waals surface area (Å²) >= 11 is 5.87. The molecule has 0 bridgehead atoms. The Morgan fingerprint density at radius 3 is 2.64 bits per heavy atom. The second kappa shape index (κ2) is 6.78. The van der Waals surface area contributed by atoms with Crippen molar-refractivity contribution in [1.29, 1.82) is 0 Å². The van der Waals surface area contributed by atoms with E-state index in [1.54, 1.807) is 22.9 Å². The minimum atomic E-state index is -1.16. The maximum absolute atomic E-state index is 11.0. The largest absolute Gasteiger partial charge is 0.479 e. The molecule has 0 saturated carbocycles. The zero-order chi connectivity index (χ0) is 18.0. The molecular weight excluding hydrogens is 350 g/mol.